The summed E-state index contributed by atoms with van der Waals surface area (Å²) in [6.07, 6.45) is 8.32. The van der Waals surface area contributed by atoms with E-state index in [9.17, 15) is 9.65 Å². The lowest BCUT2D eigenvalue weighted by Gasteiger charge is -2.18. The van der Waals surface area contributed by atoms with Gasteiger partial charge in [0.2, 0.25) is 6.04 Å². The van der Waals surface area contributed by atoms with Crippen LogP contribution in [-0.2, 0) is 0 Å². The Hall–Kier alpha value is -2.79. The Kier molecular flexibility index (Phi) is 3.80. The maximum absolute atomic E-state index is 13.3. The number of fused-ring (bicyclic) bond motifs is 1. The minimum absolute atomic E-state index is 0.0865. The number of nitrogens with zero attached hydrogens (tertiary/aromatic N) is 4. The number of allylic oxidation sites excluding steroid dienone is 6. The van der Waals surface area contributed by atoms with E-state index >= 15 is 0 Å². The van der Waals surface area contributed by atoms with Gasteiger partial charge in [-0.1, -0.05) is 12.7 Å². The molecule has 0 aromatic rings. The van der Waals surface area contributed by atoms with Gasteiger partial charge in [0.15, 0.2) is 0 Å². The Morgan fingerprint density at radius 3 is 2.96 bits per heavy atom. The fourth-order valence-electron chi connectivity index (χ4n) is 3.11. The Labute approximate surface area is 135 Å². The van der Waals surface area contributed by atoms with Crippen molar-refractivity contribution in [3.05, 3.63) is 64.8 Å². The van der Waals surface area contributed by atoms with Crippen LogP contribution in [0.25, 0.3) is 4.85 Å². The summed E-state index contributed by atoms with van der Waals surface area (Å²) in [7, 11) is 1.96. The Bertz CT molecular complexity index is 769. The molecule has 5 heteroatoms. The van der Waals surface area contributed by atoms with Gasteiger partial charge in [-0.3, -0.25) is 0 Å². The van der Waals surface area contributed by atoms with Gasteiger partial charge in [-0.2, -0.15) is 5.26 Å². The highest BCUT2D eigenvalue weighted by molar-refractivity contribution is 5.43. The number of hydrogen-bond acceptors (Lipinski definition) is 3. The molecule has 0 N–H and O–H groups in total. The highest BCUT2D eigenvalue weighted by atomic mass is 19.1. The summed E-state index contributed by atoms with van der Waals surface area (Å²) in [5.41, 5.74) is 1.78. The van der Waals surface area contributed by atoms with Crippen molar-refractivity contribution in [2.75, 3.05) is 13.6 Å². The van der Waals surface area contributed by atoms with Crippen LogP contribution in [0.2, 0.25) is 0 Å². The molecular formula is C18H18FN4+. The van der Waals surface area contributed by atoms with Crippen molar-refractivity contribution < 1.29 is 4.39 Å². The molecule has 1 fully saturated rings. The first-order valence-electron chi connectivity index (χ1n) is 7.59. The van der Waals surface area contributed by atoms with Gasteiger partial charge in [0.1, 0.15) is 17.6 Å². The first kappa shape index (κ1) is 15.1. The third-order valence-electron chi connectivity index (χ3n) is 4.43. The Morgan fingerprint density at radius 1 is 1.48 bits per heavy atom. The summed E-state index contributed by atoms with van der Waals surface area (Å²) in [5.74, 6) is -0.270. The fourth-order valence-corrected chi connectivity index (χ4v) is 3.11. The molecule has 1 aliphatic carbocycles. The molecule has 1 saturated heterocycles. The average molecular weight is 309 g/mol. The van der Waals surface area contributed by atoms with Crippen molar-refractivity contribution >= 4 is 0 Å². The third-order valence-corrected chi connectivity index (χ3v) is 4.43. The van der Waals surface area contributed by atoms with E-state index in [2.05, 4.69) is 35.4 Å². The highest BCUT2D eigenvalue weighted by Crippen LogP contribution is 2.35. The molecule has 3 rings (SSSR count). The van der Waals surface area contributed by atoms with Crippen LogP contribution < -0.4 is 0 Å². The first-order chi connectivity index (χ1) is 11.1. The number of nitriles is 1. The summed E-state index contributed by atoms with van der Waals surface area (Å²) >= 11 is 0. The molecule has 0 amide bonds. The van der Waals surface area contributed by atoms with Gasteiger partial charge in [-0.05, 0) is 30.0 Å². The lowest BCUT2D eigenvalue weighted by Crippen LogP contribution is -2.22. The normalized spacial score (nSPS) is 28.9. The largest absolute Gasteiger partial charge is 0.337 e. The molecular weight excluding hydrogens is 291 g/mol. The van der Waals surface area contributed by atoms with Crippen LogP contribution in [0.15, 0.2) is 60.0 Å². The second-order valence-corrected chi connectivity index (χ2v) is 5.69. The number of hydrogen-bond donors (Lipinski definition) is 0. The van der Waals surface area contributed by atoms with Crippen LogP contribution in [-0.4, -0.2) is 29.4 Å². The molecule has 4 nitrogen and oxygen atoms in total. The van der Waals surface area contributed by atoms with E-state index in [1.54, 1.807) is 6.08 Å². The van der Waals surface area contributed by atoms with Crippen molar-refractivity contribution in [3.8, 4) is 12.1 Å². The number of halogens is 1. The topological polar surface area (TPSA) is 34.6 Å². The van der Waals surface area contributed by atoms with Gasteiger partial charge < -0.3 is 9.80 Å². The fraction of sp³-hybridized carbons (Fsp3) is 0.333. The molecule has 2 heterocycles. The van der Waals surface area contributed by atoms with E-state index in [0.29, 0.717) is 5.70 Å². The summed E-state index contributed by atoms with van der Waals surface area (Å²) in [6.45, 7) is 6.97. The lowest BCUT2D eigenvalue weighted by atomic mass is 9.86. The summed E-state index contributed by atoms with van der Waals surface area (Å²) in [6, 6.07) is 5.20. The zero-order valence-corrected chi connectivity index (χ0v) is 13.2. The van der Waals surface area contributed by atoms with Crippen LogP contribution >= 0.6 is 0 Å². The number of rotatable bonds is 2. The Morgan fingerprint density at radius 2 is 2.26 bits per heavy atom. The number of likely N-dealkylation sites (N-methyl/N-ethyl adjacent to an activating group) is 2. The van der Waals surface area contributed by atoms with Gasteiger partial charge in [0, 0.05) is 19.7 Å². The zero-order valence-electron chi connectivity index (χ0n) is 13.2. The molecule has 0 aromatic heterocycles. The van der Waals surface area contributed by atoms with E-state index in [4.69, 9.17) is 0 Å². The maximum Gasteiger partial charge on any atom is 0.325 e. The highest BCUT2D eigenvalue weighted by Gasteiger charge is 2.39. The van der Waals surface area contributed by atoms with E-state index in [-0.39, 0.29) is 17.8 Å². The molecule has 3 atom stereocenters. The zero-order chi connectivity index (χ0) is 16.6. The Balaban J connectivity index is 1.97. The van der Waals surface area contributed by atoms with Crippen molar-refractivity contribution in [3.63, 3.8) is 0 Å². The van der Waals surface area contributed by atoms with Gasteiger partial charge >= 0.3 is 11.8 Å². The predicted octanol–water partition coefficient (Wildman–Crippen LogP) is 3.39. The maximum atomic E-state index is 13.3. The monoisotopic (exact) mass is 309 g/mol. The molecule has 0 radical (unpaired) electrons. The van der Waals surface area contributed by atoms with Crippen LogP contribution in [0.3, 0.4) is 0 Å². The second-order valence-electron chi connectivity index (χ2n) is 5.69. The third kappa shape index (κ3) is 2.45. The summed E-state index contributed by atoms with van der Waals surface area (Å²) < 4.78 is 13.3. The second kappa shape index (κ2) is 5.78. The first-order valence-corrected chi connectivity index (χ1v) is 7.59. The molecule has 23 heavy (non-hydrogen) atoms. The summed E-state index contributed by atoms with van der Waals surface area (Å²) in [4.78, 5) is 8.60. The lowest BCUT2D eigenvalue weighted by molar-refractivity contribution is 0.388. The van der Waals surface area contributed by atoms with Crippen LogP contribution in [0.1, 0.15) is 6.92 Å². The quantitative estimate of drug-likeness (QED) is 0.784. The molecule has 116 valence electrons. The molecule has 0 bridgehead atoms. The minimum atomic E-state index is -0.553. The predicted molar refractivity (Wildman–Crippen MR) is 87.4 cm³/mol. The van der Waals surface area contributed by atoms with Crippen LogP contribution in [0.5, 0.6) is 0 Å². The van der Waals surface area contributed by atoms with Gasteiger partial charge in [0.05, 0.1) is 17.7 Å². The van der Waals surface area contributed by atoms with Crippen molar-refractivity contribution in [1.29, 1.82) is 5.26 Å². The molecule has 0 saturated carbocycles. The van der Waals surface area contributed by atoms with Crippen molar-refractivity contribution in [1.82, 2.24) is 9.80 Å². The standard InChI is InChI=1S/C18H18FN4/c1-4-23-12(2)22(3)18-11-21-16(7-8-17(18)23)15-6-5-14(19)9-13(15)10-20/h5-9,13,15,18H,2,4H2,1,3H3/q+1. The molecule has 3 unspecified atom stereocenters. The van der Waals surface area contributed by atoms with Crippen LogP contribution in [0.4, 0.5) is 4.39 Å². The average Bonchev–Trinajstić information content (AvgIpc) is 2.71. The van der Waals surface area contributed by atoms with E-state index in [1.165, 1.54) is 12.2 Å². The van der Waals surface area contributed by atoms with E-state index in [0.717, 1.165) is 18.1 Å². The molecule has 0 aromatic carbocycles. The summed E-state index contributed by atoms with van der Waals surface area (Å²) in [5, 5.41) is 9.27. The van der Waals surface area contributed by atoms with Crippen molar-refractivity contribution in [2.45, 2.75) is 13.0 Å². The molecule has 0 spiro atoms. The molecule has 2 aliphatic heterocycles. The SMILES string of the molecule is C=C1N(CC)C2=CC=C(C3C=CC(F)=CC3C#N)[N+]#CC2N1C. The molecule has 3 aliphatic rings. The van der Waals surface area contributed by atoms with Gasteiger partial charge in [0.25, 0.3) is 0 Å². The van der Waals surface area contributed by atoms with Crippen LogP contribution in [0, 0.1) is 29.2 Å². The van der Waals surface area contributed by atoms with E-state index < -0.39 is 5.92 Å². The van der Waals surface area contributed by atoms with Gasteiger partial charge in [-0.25, -0.2) is 4.39 Å². The smallest absolute Gasteiger partial charge is 0.325 e. The van der Waals surface area contributed by atoms with Gasteiger partial charge in [-0.15, -0.1) is 0 Å². The van der Waals surface area contributed by atoms with Crippen molar-refractivity contribution in [2.24, 2.45) is 11.8 Å². The van der Waals surface area contributed by atoms with E-state index in [1.807, 2.05) is 24.1 Å². The minimum Gasteiger partial charge on any atom is -0.337 e.